The predicted molar refractivity (Wildman–Crippen MR) is 353 cm³/mol. The topological polar surface area (TPSA) is 50.1 Å². The number of benzene rings is 12. The fraction of sp³-hybridized carbons (Fsp3) is 0.0385. The maximum Gasteiger partial charge on any atom is 0.252 e. The van der Waals surface area contributed by atoms with Gasteiger partial charge in [0.15, 0.2) is 17.5 Å². The molecule has 398 valence electrons. The molecule has 0 radical (unpaired) electrons. The molecule has 0 amide bonds. The lowest BCUT2D eigenvalue weighted by atomic mass is 9.33. The number of hydrogen-bond acceptors (Lipinski definition) is 5. The number of fused-ring (bicyclic) bond motifs is 10. The normalized spacial score (nSPS) is 13.3. The van der Waals surface area contributed by atoms with Crippen molar-refractivity contribution in [1.29, 1.82) is 0 Å². The average Bonchev–Trinajstić information content (AvgIpc) is 2.03. The first kappa shape index (κ1) is 48.8. The summed E-state index contributed by atoms with van der Waals surface area (Å²) in [5, 5.41) is 2.37. The molecule has 0 saturated carbocycles. The summed E-state index contributed by atoms with van der Waals surface area (Å²) in [4.78, 5) is 21.1. The van der Waals surface area contributed by atoms with Crippen LogP contribution in [0, 0.1) is 0 Å². The second kappa shape index (κ2) is 19.1. The van der Waals surface area contributed by atoms with Crippen LogP contribution in [0.2, 0.25) is 0 Å². The Balaban J connectivity index is 0.949. The highest BCUT2D eigenvalue weighted by Gasteiger charge is 2.44. The molecule has 0 unspecified atom stereocenters. The number of aromatic nitrogens is 4. The molecule has 14 aromatic rings. The van der Waals surface area contributed by atoms with Crippen LogP contribution in [-0.2, 0) is 5.41 Å². The maximum absolute atomic E-state index is 5.47. The maximum atomic E-state index is 5.47. The SMILES string of the molecule is CC1(C)c2ccccc2-c2cc3c4ccccc4n(-c4c(-c5cccc(-c6ccc7c8c6N(c6ccccc6)c6ccccc6B8c6ccccc6N7c6ccccc6)c5)cccc4-c4nc(-c5ccccc5)nc(-c5ccccc5)n4)c3cc21. The Labute approximate surface area is 494 Å². The highest BCUT2D eigenvalue weighted by Crippen LogP contribution is 2.53. The Morgan fingerprint density at radius 2 is 0.824 bits per heavy atom. The second-order valence-electron chi connectivity index (χ2n) is 23.0. The van der Waals surface area contributed by atoms with Crippen LogP contribution in [0.4, 0.5) is 34.1 Å². The molecule has 3 aliphatic rings. The van der Waals surface area contributed by atoms with Gasteiger partial charge in [0.05, 0.1) is 22.4 Å². The van der Waals surface area contributed by atoms with E-state index in [9.17, 15) is 0 Å². The summed E-state index contributed by atoms with van der Waals surface area (Å²) in [6.07, 6.45) is 0. The molecule has 0 saturated heterocycles. The third kappa shape index (κ3) is 7.50. The number of para-hydroxylation sites is 6. The van der Waals surface area contributed by atoms with Crippen LogP contribution in [0.25, 0.3) is 95.0 Å². The minimum Gasteiger partial charge on any atom is -0.311 e. The lowest BCUT2D eigenvalue weighted by molar-refractivity contribution is 0.661. The van der Waals surface area contributed by atoms with Gasteiger partial charge in [0, 0.05) is 72.4 Å². The van der Waals surface area contributed by atoms with Gasteiger partial charge in [-0.25, -0.2) is 15.0 Å². The zero-order valence-electron chi connectivity index (χ0n) is 46.9. The molecule has 12 aromatic carbocycles. The van der Waals surface area contributed by atoms with Gasteiger partial charge in [0.1, 0.15) is 0 Å². The van der Waals surface area contributed by atoms with Crippen LogP contribution in [0.1, 0.15) is 25.0 Å². The van der Waals surface area contributed by atoms with E-state index >= 15 is 0 Å². The van der Waals surface area contributed by atoms with Crippen LogP contribution >= 0.6 is 0 Å². The van der Waals surface area contributed by atoms with Crippen LogP contribution in [0.3, 0.4) is 0 Å². The molecule has 4 heterocycles. The summed E-state index contributed by atoms with van der Waals surface area (Å²) in [5.74, 6) is 1.81. The molecule has 7 heteroatoms. The van der Waals surface area contributed by atoms with Gasteiger partial charge < -0.3 is 14.4 Å². The lowest BCUT2D eigenvalue weighted by Gasteiger charge is -2.45. The van der Waals surface area contributed by atoms with Crippen LogP contribution in [-0.4, -0.2) is 26.2 Å². The van der Waals surface area contributed by atoms with Gasteiger partial charge in [-0.05, 0) is 123 Å². The first-order valence-electron chi connectivity index (χ1n) is 29.3. The second-order valence-corrected chi connectivity index (χ2v) is 23.0. The fourth-order valence-corrected chi connectivity index (χ4v) is 14.2. The minimum atomic E-state index is -0.232. The number of nitrogens with zero attached hydrogens (tertiary/aromatic N) is 6. The van der Waals surface area contributed by atoms with Crippen LogP contribution in [0.5, 0.6) is 0 Å². The summed E-state index contributed by atoms with van der Waals surface area (Å²) >= 11 is 0. The summed E-state index contributed by atoms with van der Waals surface area (Å²) in [5.41, 5.74) is 26.1. The first-order valence-corrected chi connectivity index (χ1v) is 29.3. The first-order chi connectivity index (χ1) is 42.0. The van der Waals surface area contributed by atoms with Crippen LogP contribution in [0.15, 0.2) is 285 Å². The van der Waals surface area contributed by atoms with E-state index < -0.39 is 0 Å². The third-order valence-electron chi connectivity index (χ3n) is 18.0. The van der Waals surface area contributed by atoms with E-state index in [-0.39, 0.29) is 12.1 Å². The smallest absolute Gasteiger partial charge is 0.252 e. The molecule has 6 nitrogen and oxygen atoms in total. The van der Waals surface area contributed by atoms with Gasteiger partial charge in [0.25, 0.3) is 6.71 Å². The van der Waals surface area contributed by atoms with Crippen molar-refractivity contribution in [2.45, 2.75) is 19.3 Å². The Bertz CT molecular complexity index is 4930. The molecule has 17 rings (SSSR count). The van der Waals surface area contributed by atoms with E-state index in [4.69, 9.17) is 15.0 Å². The fourth-order valence-electron chi connectivity index (χ4n) is 14.2. The molecule has 0 bridgehead atoms. The number of hydrogen-bond donors (Lipinski definition) is 0. The van der Waals surface area contributed by atoms with E-state index in [0.29, 0.717) is 17.5 Å². The molecule has 2 aromatic heterocycles. The third-order valence-corrected chi connectivity index (χ3v) is 18.0. The molecule has 1 aliphatic carbocycles. The molecule has 0 atom stereocenters. The molecule has 0 fully saturated rings. The monoisotopic (exact) mass is 1080 g/mol. The summed E-state index contributed by atoms with van der Waals surface area (Å²) in [7, 11) is 0. The van der Waals surface area contributed by atoms with Gasteiger partial charge >= 0.3 is 0 Å². The molecule has 0 spiro atoms. The average molecular weight is 1090 g/mol. The lowest BCUT2D eigenvalue weighted by Crippen LogP contribution is -2.61. The summed E-state index contributed by atoms with van der Waals surface area (Å²) in [6.45, 7) is 4.71. The van der Waals surface area contributed by atoms with Crippen molar-refractivity contribution >= 4 is 79.0 Å². The molecular weight excluding hydrogens is 1030 g/mol. The molecular formula is C78H53BN6. The van der Waals surface area contributed by atoms with Crippen molar-refractivity contribution in [3.05, 3.63) is 296 Å². The Morgan fingerprint density at radius 1 is 0.318 bits per heavy atom. The zero-order chi connectivity index (χ0) is 56.3. The van der Waals surface area contributed by atoms with E-state index in [2.05, 4.69) is 277 Å². The van der Waals surface area contributed by atoms with Gasteiger partial charge in [-0.3, -0.25) is 0 Å². The largest absolute Gasteiger partial charge is 0.311 e. The highest BCUT2D eigenvalue weighted by atomic mass is 15.2. The van der Waals surface area contributed by atoms with Gasteiger partial charge in [-0.15, -0.1) is 0 Å². The van der Waals surface area contributed by atoms with E-state index in [1.807, 2.05) is 36.4 Å². The standard InChI is InChI=1S/C78H53BN6/c1-78(2)63-39-17-15-35-58(63)61-48-62-59-36-16-20-42-67(59)85(71(62)49-64(61)78)73-56(37-24-38-60(73)77-81-75(50-25-7-3-8-26-50)80-76(82-77)51-27-9-4-10-28-51)52-29-23-30-53(47-52)57-45-46-70-72-74(57)84(55-33-13-6-14-34-55)69-44-22-19-41-66(69)79(72)65-40-18-21-43-68(65)83(70)54-31-11-5-12-32-54/h3-49H,1-2H3. The van der Waals surface area contributed by atoms with Crippen molar-refractivity contribution in [2.75, 3.05) is 9.80 Å². The highest BCUT2D eigenvalue weighted by molar-refractivity contribution is 7.00. The van der Waals surface area contributed by atoms with Crippen molar-refractivity contribution < 1.29 is 0 Å². The number of anilines is 6. The Morgan fingerprint density at radius 3 is 1.51 bits per heavy atom. The zero-order valence-corrected chi connectivity index (χ0v) is 46.9. The van der Waals surface area contributed by atoms with E-state index in [0.717, 1.165) is 67.0 Å². The van der Waals surface area contributed by atoms with Crippen molar-refractivity contribution in [3.63, 3.8) is 0 Å². The Kier molecular flexibility index (Phi) is 11.0. The predicted octanol–water partition coefficient (Wildman–Crippen LogP) is 17.7. The summed E-state index contributed by atoms with van der Waals surface area (Å²) in [6, 6.07) is 104. The number of rotatable bonds is 8. The van der Waals surface area contributed by atoms with Gasteiger partial charge in [0.2, 0.25) is 0 Å². The molecule has 85 heavy (non-hydrogen) atoms. The van der Waals surface area contributed by atoms with Crippen molar-refractivity contribution in [3.8, 4) is 73.2 Å². The minimum absolute atomic E-state index is 0.0276. The van der Waals surface area contributed by atoms with E-state index in [1.165, 1.54) is 72.2 Å². The summed E-state index contributed by atoms with van der Waals surface area (Å²) < 4.78 is 2.51. The van der Waals surface area contributed by atoms with Crippen molar-refractivity contribution in [2.24, 2.45) is 0 Å². The van der Waals surface area contributed by atoms with Crippen LogP contribution < -0.4 is 26.2 Å². The van der Waals surface area contributed by atoms with E-state index in [1.54, 1.807) is 0 Å². The molecule has 2 aliphatic heterocycles. The van der Waals surface area contributed by atoms with Crippen molar-refractivity contribution in [1.82, 2.24) is 19.5 Å². The quantitative estimate of drug-likeness (QED) is 0.142. The Hall–Kier alpha value is -10.9. The molecule has 0 N–H and O–H groups in total. The van der Waals surface area contributed by atoms with Gasteiger partial charge in [-0.1, -0.05) is 226 Å². The van der Waals surface area contributed by atoms with Gasteiger partial charge in [-0.2, -0.15) is 0 Å².